The van der Waals surface area contributed by atoms with Gasteiger partial charge in [0, 0.05) is 6.42 Å². The van der Waals surface area contributed by atoms with Crippen LogP contribution in [0.25, 0.3) is 0 Å². The molecule has 2 amide bonds. The second-order valence-electron chi connectivity index (χ2n) is 7.28. The van der Waals surface area contributed by atoms with E-state index in [1.165, 1.54) is 12.1 Å². The van der Waals surface area contributed by atoms with Crippen molar-refractivity contribution in [3.05, 3.63) is 35.6 Å². The van der Waals surface area contributed by atoms with Gasteiger partial charge in [0.1, 0.15) is 5.82 Å². The third-order valence-electron chi connectivity index (χ3n) is 4.96. The zero-order chi connectivity index (χ0) is 15.3. The largest absolute Gasteiger partial charge is 0.296 e. The molecule has 4 heteroatoms. The molecule has 2 fully saturated rings. The van der Waals surface area contributed by atoms with E-state index in [9.17, 15) is 14.0 Å². The molecule has 0 radical (unpaired) electrons. The molecule has 0 bridgehead atoms. The minimum atomic E-state index is -0.437. The Hall–Kier alpha value is -1.71. The van der Waals surface area contributed by atoms with Gasteiger partial charge in [0.2, 0.25) is 11.8 Å². The molecule has 112 valence electrons. The van der Waals surface area contributed by atoms with Crippen LogP contribution in [-0.2, 0) is 9.59 Å². The van der Waals surface area contributed by atoms with E-state index in [2.05, 4.69) is 19.2 Å². The molecule has 2 atom stereocenters. The van der Waals surface area contributed by atoms with Crippen LogP contribution in [0.2, 0.25) is 0 Å². The summed E-state index contributed by atoms with van der Waals surface area (Å²) in [5.41, 5.74) is 0.429. The number of hydrogen-bond acceptors (Lipinski definition) is 2. The molecular weight excluding hydrogens is 269 g/mol. The van der Waals surface area contributed by atoms with Crippen molar-refractivity contribution < 1.29 is 14.0 Å². The van der Waals surface area contributed by atoms with E-state index < -0.39 is 5.92 Å². The van der Waals surface area contributed by atoms with Crippen molar-refractivity contribution in [3.63, 3.8) is 0 Å². The van der Waals surface area contributed by atoms with Gasteiger partial charge in [-0.2, -0.15) is 0 Å². The van der Waals surface area contributed by atoms with Crippen molar-refractivity contribution in [1.29, 1.82) is 0 Å². The van der Waals surface area contributed by atoms with E-state index in [4.69, 9.17) is 0 Å². The van der Waals surface area contributed by atoms with Gasteiger partial charge in [0.15, 0.2) is 0 Å². The van der Waals surface area contributed by atoms with Crippen LogP contribution in [0.15, 0.2) is 24.3 Å². The highest BCUT2D eigenvalue weighted by Crippen LogP contribution is 2.58. The van der Waals surface area contributed by atoms with Gasteiger partial charge in [0.25, 0.3) is 0 Å². The van der Waals surface area contributed by atoms with Crippen molar-refractivity contribution in [1.82, 2.24) is 5.32 Å². The fraction of sp³-hybridized carbons (Fsp3) is 0.529. The number of hydrogen-bond donors (Lipinski definition) is 1. The zero-order valence-corrected chi connectivity index (χ0v) is 12.4. The number of piperidine rings is 1. The standard InChI is InChI=1S/C17H20FNO2/c1-16(2)6-7-17(10-16)9-13(20)19-15(21)14(17)11-4-3-5-12(18)8-11/h3-5,8,14H,6-7,9-10H2,1-2H3,(H,19,20,21). The molecule has 2 aliphatic rings. The van der Waals surface area contributed by atoms with Gasteiger partial charge in [-0.1, -0.05) is 26.0 Å². The molecule has 21 heavy (non-hydrogen) atoms. The molecule has 1 aliphatic carbocycles. The lowest BCUT2D eigenvalue weighted by atomic mass is 9.65. The molecule has 1 aliphatic heterocycles. The van der Waals surface area contributed by atoms with E-state index in [-0.39, 0.29) is 28.5 Å². The summed E-state index contributed by atoms with van der Waals surface area (Å²) in [5, 5.41) is 2.43. The van der Waals surface area contributed by atoms with Gasteiger partial charge in [-0.25, -0.2) is 4.39 Å². The lowest BCUT2D eigenvalue weighted by molar-refractivity contribution is -0.140. The van der Waals surface area contributed by atoms with Gasteiger partial charge in [-0.3, -0.25) is 14.9 Å². The van der Waals surface area contributed by atoms with Crippen molar-refractivity contribution in [2.45, 2.75) is 45.4 Å². The molecule has 1 N–H and O–H groups in total. The number of benzene rings is 1. The Morgan fingerprint density at radius 1 is 1.24 bits per heavy atom. The zero-order valence-electron chi connectivity index (χ0n) is 12.4. The number of rotatable bonds is 1. The highest BCUT2D eigenvalue weighted by molar-refractivity contribution is 6.02. The molecule has 3 rings (SSSR count). The maximum absolute atomic E-state index is 13.6. The Balaban J connectivity index is 2.06. The van der Waals surface area contributed by atoms with E-state index in [1.807, 2.05) is 0 Å². The minimum Gasteiger partial charge on any atom is -0.296 e. The molecule has 0 aromatic heterocycles. The molecule has 1 saturated carbocycles. The third kappa shape index (κ3) is 2.47. The smallest absolute Gasteiger partial charge is 0.234 e. The van der Waals surface area contributed by atoms with Gasteiger partial charge in [-0.15, -0.1) is 0 Å². The van der Waals surface area contributed by atoms with Crippen LogP contribution in [-0.4, -0.2) is 11.8 Å². The van der Waals surface area contributed by atoms with Crippen LogP contribution in [0.1, 0.15) is 51.0 Å². The summed E-state index contributed by atoms with van der Waals surface area (Å²) < 4.78 is 13.6. The topological polar surface area (TPSA) is 46.2 Å². The molecule has 1 spiro atoms. The number of nitrogens with one attached hydrogen (secondary N) is 1. The summed E-state index contributed by atoms with van der Waals surface area (Å²) in [5.74, 6) is -1.27. The Labute approximate surface area is 123 Å². The number of halogens is 1. The average Bonchev–Trinajstić information content (AvgIpc) is 2.64. The van der Waals surface area contributed by atoms with Crippen molar-refractivity contribution in [2.75, 3.05) is 0 Å². The first-order valence-corrected chi connectivity index (χ1v) is 7.41. The number of imide groups is 1. The summed E-state index contributed by atoms with van der Waals surface area (Å²) in [4.78, 5) is 24.3. The lowest BCUT2D eigenvalue weighted by Crippen LogP contribution is -2.50. The third-order valence-corrected chi connectivity index (χ3v) is 4.96. The Morgan fingerprint density at radius 3 is 2.62 bits per heavy atom. The maximum Gasteiger partial charge on any atom is 0.234 e. The predicted octanol–water partition coefficient (Wildman–Crippen LogP) is 3.15. The molecule has 1 aromatic rings. The van der Waals surface area contributed by atoms with Crippen LogP contribution in [0, 0.1) is 16.6 Å². The molecule has 3 nitrogen and oxygen atoms in total. The Morgan fingerprint density at radius 2 is 2.00 bits per heavy atom. The molecule has 2 unspecified atom stereocenters. The summed E-state index contributed by atoms with van der Waals surface area (Å²) in [6.07, 6.45) is 2.99. The van der Waals surface area contributed by atoms with Crippen LogP contribution in [0.5, 0.6) is 0 Å². The van der Waals surface area contributed by atoms with Crippen LogP contribution < -0.4 is 5.32 Å². The molecule has 1 saturated heterocycles. The minimum absolute atomic E-state index is 0.115. The predicted molar refractivity (Wildman–Crippen MR) is 77.0 cm³/mol. The lowest BCUT2D eigenvalue weighted by Gasteiger charge is -2.41. The van der Waals surface area contributed by atoms with Crippen LogP contribution >= 0.6 is 0 Å². The van der Waals surface area contributed by atoms with E-state index >= 15 is 0 Å². The summed E-state index contributed by atoms with van der Waals surface area (Å²) in [6.45, 7) is 4.34. The normalized spacial score (nSPS) is 31.5. The molecule has 1 aromatic carbocycles. The van der Waals surface area contributed by atoms with Crippen LogP contribution in [0.4, 0.5) is 4.39 Å². The summed E-state index contributed by atoms with van der Waals surface area (Å²) in [6, 6.07) is 6.21. The van der Waals surface area contributed by atoms with Gasteiger partial charge in [0.05, 0.1) is 5.92 Å². The molecule has 1 heterocycles. The fourth-order valence-electron chi connectivity index (χ4n) is 4.26. The highest BCUT2D eigenvalue weighted by atomic mass is 19.1. The average molecular weight is 289 g/mol. The van der Waals surface area contributed by atoms with E-state index in [0.29, 0.717) is 12.0 Å². The summed E-state index contributed by atoms with van der Waals surface area (Å²) >= 11 is 0. The second-order valence-corrected chi connectivity index (χ2v) is 7.28. The monoisotopic (exact) mass is 289 g/mol. The van der Waals surface area contributed by atoms with Crippen molar-refractivity contribution >= 4 is 11.8 Å². The SMILES string of the molecule is CC1(C)CCC2(CC(=O)NC(=O)C2c2cccc(F)c2)C1. The second kappa shape index (κ2) is 4.65. The molecular formula is C17H20FNO2. The highest BCUT2D eigenvalue weighted by Gasteiger charge is 2.54. The summed E-state index contributed by atoms with van der Waals surface area (Å²) in [7, 11) is 0. The number of carbonyl (C=O) groups is 2. The first kappa shape index (κ1) is 14.2. The number of carbonyl (C=O) groups excluding carboxylic acids is 2. The van der Waals surface area contributed by atoms with Gasteiger partial charge >= 0.3 is 0 Å². The van der Waals surface area contributed by atoms with Gasteiger partial charge < -0.3 is 0 Å². The maximum atomic E-state index is 13.6. The van der Waals surface area contributed by atoms with E-state index in [0.717, 1.165) is 19.3 Å². The first-order valence-electron chi connectivity index (χ1n) is 7.41. The van der Waals surface area contributed by atoms with Gasteiger partial charge in [-0.05, 0) is 47.8 Å². The fourth-order valence-corrected chi connectivity index (χ4v) is 4.26. The van der Waals surface area contributed by atoms with Crippen LogP contribution in [0.3, 0.4) is 0 Å². The Kier molecular flexibility index (Phi) is 3.15. The van der Waals surface area contributed by atoms with Crippen molar-refractivity contribution in [2.24, 2.45) is 10.8 Å². The van der Waals surface area contributed by atoms with Crippen molar-refractivity contribution in [3.8, 4) is 0 Å². The Bertz CT molecular complexity index is 611. The first-order chi connectivity index (χ1) is 9.81. The van der Waals surface area contributed by atoms with E-state index in [1.54, 1.807) is 12.1 Å². The number of amides is 2. The quantitative estimate of drug-likeness (QED) is 0.807.